The molecule has 0 amide bonds. The van der Waals surface area contributed by atoms with E-state index < -0.39 is 0 Å². The molecule has 0 bridgehead atoms. The van der Waals surface area contributed by atoms with Crippen LogP contribution in [0.15, 0.2) is 12.2 Å². The van der Waals surface area contributed by atoms with Crippen LogP contribution in [0.1, 0.15) is 19.8 Å². The summed E-state index contributed by atoms with van der Waals surface area (Å²) in [6.07, 6.45) is 2.05. The van der Waals surface area contributed by atoms with E-state index in [1.54, 1.807) is 6.92 Å². The highest BCUT2D eigenvalue weighted by atomic mass is 16.6. The largest absolute Gasteiger partial charge is 0.453 e. The highest BCUT2D eigenvalue weighted by Crippen LogP contribution is 2.48. The van der Waals surface area contributed by atoms with Gasteiger partial charge in [-0.05, 0) is 19.8 Å². The Morgan fingerprint density at radius 2 is 2.25 bits per heavy atom. The van der Waals surface area contributed by atoms with E-state index in [-0.39, 0.29) is 17.7 Å². The summed E-state index contributed by atoms with van der Waals surface area (Å²) in [7, 11) is 0. The third-order valence-electron chi connectivity index (χ3n) is 2.31. The first kappa shape index (κ1) is 7.80. The summed E-state index contributed by atoms with van der Waals surface area (Å²) >= 11 is 0. The molecule has 1 saturated heterocycles. The molecule has 3 nitrogen and oxygen atoms in total. The summed E-state index contributed by atoms with van der Waals surface area (Å²) in [5, 5.41) is 0. The topological polar surface area (TPSA) is 38.8 Å². The molecule has 3 heteroatoms. The van der Waals surface area contributed by atoms with Crippen LogP contribution in [0.2, 0.25) is 0 Å². The molecular weight excluding hydrogens is 156 g/mol. The molecule has 0 spiro atoms. The van der Waals surface area contributed by atoms with E-state index in [9.17, 15) is 4.79 Å². The number of carbonyl (C=O) groups is 1. The monoisotopic (exact) mass is 168 g/mol. The lowest BCUT2D eigenvalue weighted by Crippen LogP contribution is -2.25. The summed E-state index contributed by atoms with van der Waals surface area (Å²) < 4.78 is 10.4. The quantitative estimate of drug-likeness (QED) is 0.359. The zero-order valence-electron chi connectivity index (χ0n) is 7.13. The van der Waals surface area contributed by atoms with Crippen molar-refractivity contribution in [2.24, 2.45) is 0 Å². The second kappa shape index (κ2) is 2.33. The third kappa shape index (κ3) is 1.25. The predicted octanol–water partition coefficient (Wildman–Crippen LogP) is 1.04. The van der Waals surface area contributed by atoms with E-state index >= 15 is 0 Å². The molecule has 0 N–H and O–H groups in total. The van der Waals surface area contributed by atoms with Crippen molar-refractivity contribution >= 4 is 5.97 Å². The molecule has 66 valence electrons. The van der Waals surface area contributed by atoms with Crippen molar-refractivity contribution in [2.45, 2.75) is 31.5 Å². The number of carbonyl (C=O) groups excluding carboxylic acids is 1. The molecule has 0 aromatic heterocycles. The van der Waals surface area contributed by atoms with E-state index in [4.69, 9.17) is 9.47 Å². The van der Waals surface area contributed by atoms with Crippen LogP contribution in [0, 0.1) is 0 Å². The van der Waals surface area contributed by atoms with Gasteiger partial charge in [0.2, 0.25) is 0 Å². The van der Waals surface area contributed by atoms with Crippen molar-refractivity contribution < 1.29 is 14.3 Å². The third-order valence-corrected chi connectivity index (χ3v) is 2.31. The zero-order valence-corrected chi connectivity index (χ0v) is 7.13. The molecule has 1 heterocycles. The van der Waals surface area contributed by atoms with Gasteiger partial charge in [0, 0.05) is 5.57 Å². The second-order valence-corrected chi connectivity index (χ2v) is 3.56. The van der Waals surface area contributed by atoms with Crippen molar-refractivity contribution in [3.8, 4) is 0 Å². The Balaban J connectivity index is 1.93. The molecule has 2 fully saturated rings. The molecule has 2 rings (SSSR count). The standard InChI is InChI=1S/C9H12O3/c1-6(2)8(10)12-9(3-4-9)7-5-11-7/h7H,1,3-5H2,2H3. The van der Waals surface area contributed by atoms with Gasteiger partial charge in [0.05, 0.1) is 6.61 Å². The Morgan fingerprint density at radius 1 is 1.67 bits per heavy atom. The van der Waals surface area contributed by atoms with E-state index in [0.29, 0.717) is 5.57 Å². The Hall–Kier alpha value is -0.830. The molecule has 0 radical (unpaired) electrons. The first-order valence-electron chi connectivity index (χ1n) is 4.14. The number of rotatable bonds is 3. The summed E-state index contributed by atoms with van der Waals surface area (Å²) in [6.45, 7) is 5.93. The second-order valence-electron chi connectivity index (χ2n) is 3.56. The fraction of sp³-hybridized carbons (Fsp3) is 0.667. The van der Waals surface area contributed by atoms with Crippen LogP contribution in [0.5, 0.6) is 0 Å². The van der Waals surface area contributed by atoms with E-state index in [2.05, 4.69) is 6.58 Å². The molecule has 0 aromatic carbocycles. The molecule has 12 heavy (non-hydrogen) atoms. The molecule has 1 saturated carbocycles. The maximum absolute atomic E-state index is 11.2. The first-order chi connectivity index (χ1) is 5.64. The van der Waals surface area contributed by atoms with E-state index in [1.165, 1.54) is 0 Å². The maximum Gasteiger partial charge on any atom is 0.333 e. The van der Waals surface area contributed by atoms with Crippen LogP contribution in [0.25, 0.3) is 0 Å². The summed E-state index contributed by atoms with van der Waals surface area (Å²) in [4.78, 5) is 11.2. The van der Waals surface area contributed by atoms with E-state index in [1.807, 2.05) is 0 Å². The fourth-order valence-electron chi connectivity index (χ4n) is 1.24. The lowest BCUT2D eigenvalue weighted by molar-refractivity contribution is -0.147. The maximum atomic E-state index is 11.2. The Labute approximate surface area is 71.3 Å². The Bertz CT molecular complexity index is 236. The van der Waals surface area contributed by atoms with Crippen LogP contribution in [-0.2, 0) is 14.3 Å². The molecule has 1 aliphatic heterocycles. The van der Waals surface area contributed by atoms with Crippen LogP contribution in [-0.4, -0.2) is 24.3 Å². The van der Waals surface area contributed by atoms with Crippen LogP contribution in [0.4, 0.5) is 0 Å². The normalized spacial score (nSPS) is 29.2. The van der Waals surface area contributed by atoms with Crippen molar-refractivity contribution in [3.05, 3.63) is 12.2 Å². The van der Waals surface area contributed by atoms with Gasteiger partial charge in [0.15, 0.2) is 0 Å². The highest BCUT2D eigenvalue weighted by molar-refractivity contribution is 5.87. The van der Waals surface area contributed by atoms with Gasteiger partial charge in [-0.1, -0.05) is 6.58 Å². The summed E-state index contributed by atoms with van der Waals surface area (Å²) in [5.41, 5.74) is 0.192. The molecule has 2 aliphatic rings. The van der Waals surface area contributed by atoms with Gasteiger partial charge in [-0.2, -0.15) is 0 Å². The SMILES string of the molecule is C=C(C)C(=O)OC1(C2CO2)CC1. The number of hydrogen-bond acceptors (Lipinski definition) is 3. The summed E-state index contributed by atoms with van der Waals surface area (Å²) in [5.74, 6) is -0.289. The molecular formula is C9H12O3. The van der Waals surface area contributed by atoms with Gasteiger partial charge in [0.25, 0.3) is 0 Å². The minimum atomic E-state index is -0.289. The van der Waals surface area contributed by atoms with Gasteiger partial charge in [-0.3, -0.25) is 0 Å². The predicted molar refractivity (Wildman–Crippen MR) is 42.6 cm³/mol. The van der Waals surface area contributed by atoms with Crippen molar-refractivity contribution in [1.29, 1.82) is 0 Å². The first-order valence-corrected chi connectivity index (χ1v) is 4.14. The van der Waals surface area contributed by atoms with Gasteiger partial charge in [-0.15, -0.1) is 0 Å². The van der Waals surface area contributed by atoms with Crippen LogP contribution < -0.4 is 0 Å². The molecule has 1 unspecified atom stereocenters. The van der Waals surface area contributed by atoms with Gasteiger partial charge in [-0.25, -0.2) is 4.79 Å². The van der Waals surface area contributed by atoms with Gasteiger partial charge in [0.1, 0.15) is 11.7 Å². The lowest BCUT2D eigenvalue weighted by atomic mass is 10.2. The van der Waals surface area contributed by atoms with Crippen LogP contribution >= 0.6 is 0 Å². The molecule has 1 atom stereocenters. The van der Waals surface area contributed by atoms with E-state index in [0.717, 1.165) is 19.4 Å². The number of esters is 1. The Morgan fingerprint density at radius 3 is 2.58 bits per heavy atom. The Kier molecular flexibility index (Phi) is 1.51. The van der Waals surface area contributed by atoms with Crippen LogP contribution in [0.3, 0.4) is 0 Å². The van der Waals surface area contributed by atoms with Crippen molar-refractivity contribution in [3.63, 3.8) is 0 Å². The van der Waals surface area contributed by atoms with Gasteiger partial charge < -0.3 is 9.47 Å². The van der Waals surface area contributed by atoms with Gasteiger partial charge >= 0.3 is 5.97 Å². The highest BCUT2D eigenvalue weighted by Gasteiger charge is 2.59. The fourth-order valence-corrected chi connectivity index (χ4v) is 1.24. The average Bonchev–Trinajstić information content (AvgIpc) is 2.82. The average molecular weight is 168 g/mol. The smallest absolute Gasteiger partial charge is 0.333 e. The summed E-state index contributed by atoms with van der Waals surface area (Å²) in [6, 6.07) is 0. The molecule has 0 aromatic rings. The lowest BCUT2D eigenvalue weighted by Gasteiger charge is -2.13. The number of hydrogen-bond donors (Lipinski definition) is 0. The van der Waals surface area contributed by atoms with Crippen molar-refractivity contribution in [1.82, 2.24) is 0 Å². The minimum Gasteiger partial charge on any atom is -0.453 e. The van der Waals surface area contributed by atoms with Crippen molar-refractivity contribution in [2.75, 3.05) is 6.61 Å². The molecule has 1 aliphatic carbocycles. The minimum absolute atomic E-state index is 0.167. The zero-order chi connectivity index (χ0) is 8.77. The number of ether oxygens (including phenoxy) is 2. The number of epoxide rings is 1.